The molecular formula is C18H23N3O3S. The molecule has 0 spiro atoms. The standard InChI is InChI=1S/C18H23N3O3S/c22-16(14-7-4-10-24-14)20-18-19-13-8-9-21(11-15(13)25-18)17(23)12-5-2-1-3-6-12/h1-2,12,14H,3-11H2,(H,19,20,22)/t12-,14-/m1/s1. The minimum atomic E-state index is -0.349. The Labute approximate surface area is 151 Å². The Kier molecular flexibility index (Phi) is 4.85. The van der Waals surface area contributed by atoms with Gasteiger partial charge in [0.2, 0.25) is 5.91 Å². The summed E-state index contributed by atoms with van der Waals surface area (Å²) in [5, 5.41) is 3.50. The predicted molar refractivity (Wildman–Crippen MR) is 95.3 cm³/mol. The SMILES string of the molecule is O=C(Nc1nc2c(s1)CN(C(=O)[C@@H]1CC=CCC1)CC2)[C@H]1CCCO1. The number of allylic oxidation sites excluding steroid dienone is 2. The number of ether oxygens (including phenoxy) is 1. The lowest BCUT2D eigenvalue weighted by Gasteiger charge is -2.30. The third-order valence-corrected chi connectivity index (χ3v) is 6.11. The van der Waals surface area contributed by atoms with E-state index in [0.29, 0.717) is 18.3 Å². The quantitative estimate of drug-likeness (QED) is 0.840. The molecule has 0 aromatic carbocycles. The van der Waals surface area contributed by atoms with Gasteiger partial charge in [0.25, 0.3) is 5.91 Å². The number of rotatable bonds is 3. The average Bonchev–Trinajstić information content (AvgIpc) is 3.30. The number of nitrogens with zero attached hydrogens (tertiary/aromatic N) is 2. The van der Waals surface area contributed by atoms with E-state index in [2.05, 4.69) is 22.5 Å². The summed E-state index contributed by atoms with van der Waals surface area (Å²) in [7, 11) is 0. The first-order valence-electron chi connectivity index (χ1n) is 9.05. The van der Waals surface area contributed by atoms with E-state index in [1.54, 1.807) is 0 Å². The van der Waals surface area contributed by atoms with Gasteiger partial charge >= 0.3 is 0 Å². The lowest BCUT2D eigenvalue weighted by atomic mass is 9.92. The number of carbonyl (C=O) groups excluding carboxylic acids is 2. The highest BCUT2D eigenvalue weighted by Crippen LogP contribution is 2.31. The molecule has 3 aliphatic rings. The van der Waals surface area contributed by atoms with Gasteiger partial charge in [0.05, 0.1) is 12.2 Å². The molecule has 1 aliphatic carbocycles. The van der Waals surface area contributed by atoms with Gasteiger partial charge in [-0.05, 0) is 32.1 Å². The largest absolute Gasteiger partial charge is 0.368 e. The topological polar surface area (TPSA) is 71.5 Å². The van der Waals surface area contributed by atoms with Crippen LogP contribution >= 0.6 is 11.3 Å². The molecule has 3 heterocycles. The van der Waals surface area contributed by atoms with Gasteiger partial charge < -0.3 is 9.64 Å². The van der Waals surface area contributed by atoms with Crippen LogP contribution in [0.15, 0.2) is 12.2 Å². The van der Waals surface area contributed by atoms with E-state index in [0.717, 1.165) is 55.6 Å². The normalized spacial score (nSPS) is 25.7. The van der Waals surface area contributed by atoms with E-state index < -0.39 is 0 Å². The number of amides is 2. The molecule has 4 rings (SSSR count). The fourth-order valence-electron chi connectivity index (χ4n) is 3.68. The van der Waals surface area contributed by atoms with Crippen LogP contribution < -0.4 is 5.32 Å². The predicted octanol–water partition coefficient (Wildman–Crippen LogP) is 2.50. The van der Waals surface area contributed by atoms with E-state index in [9.17, 15) is 9.59 Å². The summed E-state index contributed by atoms with van der Waals surface area (Å²) in [4.78, 5) is 32.5. The van der Waals surface area contributed by atoms with Crippen LogP contribution in [0.1, 0.15) is 42.7 Å². The lowest BCUT2D eigenvalue weighted by Crippen LogP contribution is -2.39. The first kappa shape index (κ1) is 16.7. The van der Waals surface area contributed by atoms with Gasteiger partial charge in [-0.15, -0.1) is 0 Å². The van der Waals surface area contributed by atoms with Gasteiger partial charge in [0.15, 0.2) is 5.13 Å². The van der Waals surface area contributed by atoms with Crippen molar-refractivity contribution in [1.29, 1.82) is 0 Å². The van der Waals surface area contributed by atoms with Crippen LogP contribution in [-0.4, -0.2) is 41.0 Å². The van der Waals surface area contributed by atoms with Gasteiger partial charge in [0.1, 0.15) is 6.10 Å². The Morgan fingerprint density at radius 3 is 3.00 bits per heavy atom. The molecule has 7 heteroatoms. The Hall–Kier alpha value is -1.73. The molecule has 0 saturated carbocycles. The molecule has 0 unspecified atom stereocenters. The third-order valence-electron chi connectivity index (χ3n) is 5.11. The fourth-order valence-corrected chi connectivity index (χ4v) is 4.71. The first-order valence-corrected chi connectivity index (χ1v) is 9.87. The molecule has 25 heavy (non-hydrogen) atoms. The molecule has 2 amide bonds. The minimum Gasteiger partial charge on any atom is -0.368 e. The van der Waals surface area contributed by atoms with Crippen molar-refractivity contribution in [1.82, 2.24) is 9.88 Å². The van der Waals surface area contributed by atoms with E-state index in [1.807, 2.05) is 4.90 Å². The summed E-state index contributed by atoms with van der Waals surface area (Å²) in [6.07, 6.45) is 9.19. The molecule has 2 aliphatic heterocycles. The first-order chi connectivity index (χ1) is 12.2. The van der Waals surface area contributed by atoms with Gasteiger partial charge in [-0.25, -0.2) is 4.98 Å². The fraction of sp³-hybridized carbons (Fsp3) is 0.611. The molecule has 1 aromatic rings. The van der Waals surface area contributed by atoms with Crippen molar-refractivity contribution in [2.75, 3.05) is 18.5 Å². The summed E-state index contributed by atoms with van der Waals surface area (Å²) in [6, 6.07) is 0. The van der Waals surface area contributed by atoms with Gasteiger partial charge in [-0.3, -0.25) is 14.9 Å². The van der Waals surface area contributed by atoms with E-state index in [4.69, 9.17) is 4.74 Å². The molecule has 134 valence electrons. The zero-order chi connectivity index (χ0) is 17.2. The second-order valence-corrected chi connectivity index (χ2v) is 7.95. The number of thiazole rings is 1. The average molecular weight is 361 g/mol. The number of nitrogens with one attached hydrogen (secondary N) is 1. The van der Waals surface area contributed by atoms with Gasteiger partial charge in [0, 0.05) is 30.4 Å². The minimum absolute atomic E-state index is 0.106. The highest BCUT2D eigenvalue weighted by Gasteiger charge is 2.30. The van der Waals surface area contributed by atoms with Gasteiger partial charge in [-0.1, -0.05) is 23.5 Å². The summed E-state index contributed by atoms with van der Waals surface area (Å²) in [6.45, 7) is 1.98. The second kappa shape index (κ2) is 7.25. The summed E-state index contributed by atoms with van der Waals surface area (Å²) >= 11 is 1.48. The van der Waals surface area contributed by atoms with E-state index in [-0.39, 0.29) is 23.8 Å². The zero-order valence-electron chi connectivity index (χ0n) is 14.2. The van der Waals surface area contributed by atoms with Crippen molar-refractivity contribution >= 4 is 28.3 Å². The van der Waals surface area contributed by atoms with Crippen LogP contribution in [0.25, 0.3) is 0 Å². The van der Waals surface area contributed by atoms with E-state index >= 15 is 0 Å². The Morgan fingerprint density at radius 2 is 2.24 bits per heavy atom. The van der Waals surface area contributed by atoms with Crippen LogP contribution in [-0.2, 0) is 27.3 Å². The van der Waals surface area contributed by atoms with Crippen molar-refractivity contribution in [3.63, 3.8) is 0 Å². The van der Waals surface area contributed by atoms with Crippen molar-refractivity contribution < 1.29 is 14.3 Å². The highest BCUT2D eigenvalue weighted by atomic mass is 32.1. The van der Waals surface area contributed by atoms with E-state index in [1.165, 1.54) is 11.3 Å². The molecule has 6 nitrogen and oxygen atoms in total. The summed E-state index contributed by atoms with van der Waals surface area (Å²) < 4.78 is 5.41. The Morgan fingerprint density at radius 1 is 1.32 bits per heavy atom. The maximum atomic E-state index is 12.7. The Bertz CT molecular complexity index is 694. The van der Waals surface area contributed by atoms with Crippen LogP contribution in [0.4, 0.5) is 5.13 Å². The van der Waals surface area contributed by atoms with Crippen LogP contribution in [0.2, 0.25) is 0 Å². The molecule has 1 N–H and O–H groups in total. The van der Waals surface area contributed by atoms with Crippen molar-refractivity contribution in [2.45, 2.75) is 51.2 Å². The number of anilines is 1. The monoisotopic (exact) mass is 361 g/mol. The maximum Gasteiger partial charge on any atom is 0.255 e. The molecule has 1 aromatic heterocycles. The zero-order valence-corrected chi connectivity index (χ0v) is 15.0. The molecule has 1 fully saturated rings. The molecule has 1 saturated heterocycles. The number of hydrogen-bond donors (Lipinski definition) is 1. The van der Waals surface area contributed by atoms with Gasteiger partial charge in [-0.2, -0.15) is 0 Å². The van der Waals surface area contributed by atoms with Crippen molar-refractivity contribution in [2.24, 2.45) is 5.92 Å². The summed E-state index contributed by atoms with van der Waals surface area (Å²) in [5.41, 5.74) is 1.01. The lowest BCUT2D eigenvalue weighted by molar-refractivity contribution is -0.136. The highest BCUT2D eigenvalue weighted by molar-refractivity contribution is 7.15. The van der Waals surface area contributed by atoms with Crippen LogP contribution in [0.5, 0.6) is 0 Å². The molecular weight excluding hydrogens is 338 g/mol. The second-order valence-electron chi connectivity index (χ2n) is 6.87. The molecule has 0 radical (unpaired) electrons. The van der Waals surface area contributed by atoms with Crippen LogP contribution in [0, 0.1) is 5.92 Å². The van der Waals surface area contributed by atoms with Crippen molar-refractivity contribution in [3.05, 3.63) is 22.7 Å². The molecule has 0 bridgehead atoms. The smallest absolute Gasteiger partial charge is 0.255 e. The molecule has 2 atom stereocenters. The van der Waals surface area contributed by atoms with Crippen LogP contribution in [0.3, 0.4) is 0 Å². The number of carbonyl (C=O) groups is 2. The number of aromatic nitrogens is 1. The van der Waals surface area contributed by atoms with Crippen molar-refractivity contribution in [3.8, 4) is 0 Å². The Balaban J connectivity index is 1.39. The summed E-state index contributed by atoms with van der Waals surface area (Å²) in [5.74, 6) is 0.275. The number of fused-ring (bicyclic) bond motifs is 1. The maximum absolute atomic E-state index is 12.7. The third kappa shape index (κ3) is 3.62. The number of hydrogen-bond acceptors (Lipinski definition) is 5.